The number of nitrogens with two attached hydrogens (primary N) is 1. The normalized spacial score (nSPS) is 11.7. The molecule has 0 atom stereocenters. The number of hydrogen-bond acceptors (Lipinski definition) is 4. The van der Waals surface area contributed by atoms with Crippen molar-refractivity contribution in [2.24, 2.45) is 5.73 Å². The quantitative estimate of drug-likeness (QED) is 0.762. The minimum atomic E-state index is -0.437. The number of carbonyl (C=O) groups is 1. The molecule has 0 fully saturated rings. The van der Waals surface area contributed by atoms with E-state index in [0.717, 1.165) is 19.6 Å². The maximum atomic E-state index is 11.7. The molecule has 5 heteroatoms. The van der Waals surface area contributed by atoms with Crippen LogP contribution in [0.4, 0.5) is 4.79 Å². The average molecular weight is 245 g/mol. The van der Waals surface area contributed by atoms with E-state index in [9.17, 15) is 4.79 Å². The number of nitrogens with zero attached hydrogens (tertiary/aromatic N) is 2. The van der Waals surface area contributed by atoms with Gasteiger partial charge in [0.05, 0.1) is 0 Å². The van der Waals surface area contributed by atoms with E-state index in [2.05, 4.69) is 11.8 Å². The van der Waals surface area contributed by atoms with Crippen molar-refractivity contribution in [2.75, 3.05) is 39.8 Å². The van der Waals surface area contributed by atoms with Crippen molar-refractivity contribution in [1.82, 2.24) is 9.80 Å². The second kappa shape index (κ2) is 7.50. The molecule has 2 N–H and O–H groups in total. The lowest BCUT2D eigenvalue weighted by Gasteiger charge is -2.27. The Morgan fingerprint density at radius 1 is 1.24 bits per heavy atom. The zero-order valence-electron chi connectivity index (χ0n) is 11.8. The van der Waals surface area contributed by atoms with E-state index in [1.807, 2.05) is 20.8 Å². The number of rotatable bonds is 6. The molecule has 0 heterocycles. The lowest BCUT2D eigenvalue weighted by molar-refractivity contribution is 0.0284. The fourth-order valence-corrected chi connectivity index (χ4v) is 1.33. The van der Waals surface area contributed by atoms with Gasteiger partial charge in [-0.25, -0.2) is 4.79 Å². The number of likely N-dealkylation sites (N-methyl/N-ethyl adjacent to an activating group) is 2. The molecule has 0 aromatic rings. The number of amides is 1. The van der Waals surface area contributed by atoms with Gasteiger partial charge >= 0.3 is 6.09 Å². The minimum Gasteiger partial charge on any atom is -0.444 e. The molecule has 0 aromatic heterocycles. The summed E-state index contributed by atoms with van der Waals surface area (Å²) in [5, 5.41) is 0. The Balaban J connectivity index is 3.99. The molecule has 5 nitrogen and oxygen atoms in total. The molecule has 17 heavy (non-hydrogen) atoms. The molecule has 0 aliphatic carbocycles. The average Bonchev–Trinajstić information content (AvgIpc) is 2.21. The molecule has 0 saturated carbocycles. The highest BCUT2D eigenvalue weighted by Gasteiger charge is 2.19. The number of carbonyl (C=O) groups excluding carboxylic acids is 1. The van der Waals surface area contributed by atoms with E-state index in [-0.39, 0.29) is 6.09 Å². The third-order valence-electron chi connectivity index (χ3n) is 2.35. The molecular weight excluding hydrogens is 218 g/mol. The van der Waals surface area contributed by atoms with E-state index >= 15 is 0 Å². The van der Waals surface area contributed by atoms with Crippen LogP contribution in [0.25, 0.3) is 0 Å². The highest BCUT2D eigenvalue weighted by Crippen LogP contribution is 2.08. The molecule has 0 aromatic carbocycles. The van der Waals surface area contributed by atoms with Crippen molar-refractivity contribution < 1.29 is 9.53 Å². The Labute approximate surface area is 105 Å². The molecule has 0 aliphatic heterocycles. The van der Waals surface area contributed by atoms with Gasteiger partial charge in [0, 0.05) is 33.2 Å². The molecule has 102 valence electrons. The molecule has 0 bridgehead atoms. The van der Waals surface area contributed by atoms with Gasteiger partial charge < -0.3 is 20.3 Å². The maximum absolute atomic E-state index is 11.7. The summed E-state index contributed by atoms with van der Waals surface area (Å²) in [6, 6.07) is 0. The fourth-order valence-electron chi connectivity index (χ4n) is 1.33. The van der Waals surface area contributed by atoms with Crippen molar-refractivity contribution in [2.45, 2.75) is 33.3 Å². The van der Waals surface area contributed by atoms with Crippen LogP contribution in [-0.2, 0) is 4.74 Å². The smallest absolute Gasteiger partial charge is 0.410 e. The second-order valence-corrected chi connectivity index (χ2v) is 5.12. The van der Waals surface area contributed by atoms with E-state index in [1.54, 1.807) is 11.9 Å². The Hall–Kier alpha value is -0.810. The van der Waals surface area contributed by atoms with Gasteiger partial charge in [-0.15, -0.1) is 0 Å². The third kappa shape index (κ3) is 7.99. The Morgan fingerprint density at radius 2 is 1.82 bits per heavy atom. The zero-order chi connectivity index (χ0) is 13.5. The van der Waals surface area contributed by atoms with Crippen LogP contribution in [0.3, 0.4) is 0 Å². The zero-order valence-corrected chi connectivity index (χ0v) is 11.8. The summed E-state index contributed by atoms with van der Waals surface area (Å²) in [6.07, 6.45) is -0.277. The first kappa shape index (κ1) is 16.2. The number of ether oxygens (including phenoxy) is 1. The molecule has 0 aliphatic rings. The highest BCUT2D eigenvalue weighted by atomic mass is 16.6. The van der Waals surface area contributed by atoms with Crippen LogP contribution in [0.1, 0.15) is 27.7 Å². The van der Waals surface area contributed by atoms with Gasteiger partial charge in [-0.3, -0.25) is 0 Å². The standard InChI is InChI=1S/C12H27N3O2/c1-6-15(8-7-13)10-9-14(5)11(16)17-12(2,3)4/h6-10,13H2,1-5H3. The monoisotopic (exact) mass is 245 g/mol. The molecule has 0 saturated heterocycles. The second-order valence-electron chi connectivity index (χ2n) is 5.12. The number of hydrogen-bond donors (Lipinski definition) is 1. The van der Waals surface area contributed by atoms with Gasteiger partial charge in [0.15, 0.2) is 0 Å². The summed E-state index contributed by atoms with van der Waals surface area (Å²) in [6.45, 7) is 11.6. The van der Waals surface area contributed by atoms with E-state index in [4.69, 9.17) is 10.5 Å². The maximum Gasteiger partial charge on any atom is 0.410 e. The Bertz CT molecular complexity index is 226. The van der Waals surface area contributed by atoms with Gasteiger partial charge in [-0.1, -0.05) is 6.92 Å². The summed E-state index contributed by atoms with van der Waals surface area (Å²) in [5.74, 6) is 0. The van der Waals surface area contributed by atoms with Crippen LogP contribution >= 0.6 is 0 Å². The van der Waals surface area contributed by atoms with Gasteiger partial charge in [0.2, 0.25) is 0 Å². The minimum absolute atomic E-state index is 0.277. The Morgan fingerprint density at radius 3 is 2.24 bits per heavy atom. The topological polar surface area (TPSA) is 58.8 Å². The predicted octanol–water partition coefficient (Wildman–Crippen LogP) is 1.13. The van der Waals surface area contributed by atoms with E-state index in [1.165, 1.54) is 0 Å². The lowest BCUT2D eigenvalue weighted by atomic mass is 10.2. The van der Waals surface area contributed by atoms with Crippen LogP contribution in [-0.4, -0.2) is 61.3 Å². The van der Waals surface area contributed by atoms with Crippen LogP contribution in [0.5, 0.6) is 0 Å². The summed E-state index contributed by atoms with van der Waals surface area (Å²) in [5.41, 5.74) is 5.07. The van der Waals surface area contributed by atoms with E-state index < -0.39 is 5.60 Å². The fraction of sp³-hybridized carbons (Fsp3) is 0.917. The van der Waals surface area contributed by atoms with Gasteiger partial charge in [0.25, 0.3) is 0 Å². The van der Waals surface area contributed by atoms with E-state index in [0.29, 0.717) is 13.1 Å². The summed E-state index contributed by atoms with van der Waals surface area (Å²) < 4.78 is 5.27. The van der Waals surface area contributed by atoms with Crippen molar-refractivity contribution in [3.63, 3.8) is 0 Å². The van der Waals surface area contributed by atoms with Crippen LogP contribution in [0.15, 0.2) is 0 Å². The molecule has 0 radical (unpaired) electrons. The van der Waals surface area contributed by atoms with Crippen molar-refractivity contribution in [3.05, 3.63) is 0 Å². The van der Waals surface area contributed by atoms with Gasteiger partial charge in [0.1, 0.15) is 5.60 Å². The third-order valence-corrected chi connectivity index (χ3v) is 2.35. The molecule has 0 rings (SSSR count). The van der Waals surface area contributed by atoms with Gasteiger partial charge in [-0.05, 0) is 27.3 Å². The summed E-state index contributed by atoms with van der Waals surface area (Å²) >= 11 is 0. The summed E-state index contributed by atoms with van der Waals surface area (Å²) in [7, 11) is 1.75. The van der Waals surface area contributed by atoms with Crippen LogP contribution < -0.4 is 5.73 Å². The van der Waals surface area contributed by atoms with Crippen molar-refractivity contribution >= 4 is 6.09 Å². The first-order valence-corrected chi connectivity index (χ1v) is 6.16. The van der Waals surface area contributed by atoms with Crippen molar-refractivity contribution in [1.29, 1.82) is 0 Å². The van der Waals surface area contributed by atoms with Crippen LogP contribution in [0.2, 0.25) is 0 Å². The predicted molar refractivity (Wildman–Crippen MR) is 70.0 cm³/mol. The molecular formula is C12H27N3O2. The highest BCUT2D eigenvalue weighted by molar-refractivity contribution is 5.67. The lowest BCUT2D eigenvalue weighted by Crippen LogP contribution is -2.40. The molecule has 1 amide bonds. The first-order chi connectivity index (χ1) is 7.80. The Kier molecular flexibility index (Phi) is 7.15. The largest absolute Gasteiger partial charge is 0.444 e. The van der Waals surface area contributed by atoms with Crippen molar-refractivity contribution in [3.8, 4) is 0 Å². The summed E-state index contributed by atoms with van der Waals surface area (Å²) in [4.78, 5) is 15.5. The first-order valence-electron chi connectivity index (χ1n) is 6.16. The SMILES string of the molecule is CCN(CCN)CCN(C)C(=O)OC(C)(C)C. The van der Waals surface area contributed by atoms with Gasteiger partial charge in [-0.2, -0.15) is 0 Å². The molecule has 0 unspecified atom stereocenters. The van der Waals surface area contributed by atoms with Crippen LogP contribution in [0, 0.1) is 0 Å². The molecule has 0 spiro atoms.